The van der Waals surface area contributed by atoms with E-state index in [4.69, 9.17) is 14.5 Å². The van der Waals surface area contributed by atoms with Gasteiger partial charge in [-0.15, -0.1) is 11.3 Å². The third-order valence-corrected chi connectivity index (χ3v) is 9.45. The Kier molecular flexibility index (Phi) is 7.78. The zero-order chi connectivity index (χ0) is 26.0. The van der Waals surface area contributed by atoms with Crippen molar-refractivity contribution in [2.75, 3.05) is 78.6 Å². The molecule has 2 saturated heterocycles. The van der Waals surface area contributed by atoms with E-state index in [2.05, 4.69) is 61.5 Å². The maximum absolute atomic E-state index is 5.75. The lowest BCUT2D eigenvalue weighted by Crippen LogP contribution is -2.52. The van der Waals surface area contributed by atoms with E-state index in [0.717, 1.165) is 82.5 Å². The summed E-state index contributed by atoms with van der Waals surface area (Å²) in [5.41, 5.74) is 2.80. The molecule has 2 N–H and O–H groups in total. The third-order valence-electron chi connectivity index (χ3n) is 8.23. The van der Waals surface area contributed by atoms with Crippen LogP contribution in [0.5, 0.6) is 0 Å². The number of H-pyrrole nitrogens is 1. The number of rotatable bonds is 9. The predicted molar refractivity (Wildman–Crippen MR) is 153 cm³/mol. The van der Waals surface area contributed by atoms with Crippen molar-refractivity contribution in [2.24, 2.45) is 10.9 Å². The van der Waals surface area contributed by atoms with Crippen LogP contribution in [0.3, 0.4) is 0 Å². The van der Waals surface area contributed by atoms with Crippen LogP contribution in [0.25, 0.3) is 10.9 Å². The molecule has 1 atom stereocenters. The number of anilines is 1. The molecule has 0 bridgehead atoms. The SMILES string of the molecule is COCCN(C)CC1CCN(Cc2cc3c(s2)C(c2cccc4[nH]ncc24)(N2CCOCC2)N=CN3)CC1. The highest BCUT2D eigenvalue weighted by Crippen LogP contribution is 2.49. The molecule has 38 heavy (non-hydrogen) atoms. The van der Waals surface area contributed by atoms with Crippen molar-refractivity contribution in [1.82, 2.24) is 24.9 Å². The Hall–Kier alpha value is -2.34. The summed E-state index contributed by atoms with van der Waals surface area (Å²) in [5, 5.41) is 12.1. The van der Waals surface area contributed by atoms with Crippen molar-refractivity contribution >= 4 is 34.3 Å². The van der Waals surface area contributed by atoms with Crippen molar-refractivity contribution in [3.05, 3.63) is 45.8 Å². The number of likely N-dealkylation sites (N-methyl/N-ethyl adjacent to an activating group) is 1. The highest BCUT2D eigenvalue weighted by atomic mass is 32.1. The predicted octanol–water partition coefficient (Wildman–Crippen LogP) is 3.40. The molecule has 0 spiro atoms. The van der Waals surface area contributed by atoms with Gasteiger partial charge in [0.05, 0.1) is 48.4 Å². The third kappa shape index (κ3) is 5.01. The number of fused-ring (bicyclic) bond motifs is 2. The van der Waals surface area contributed by atoms with E-state index >= 15 is 0 Å². The lowest BCUT2D eigenvalue weighted by Gasteiger charge is -2.44. The van der Waals surface area contributed by atoms with E-state index in [0.29, 0.717) is 0 Å². The molecule has 0 radical (unpaired) electrons. The smallest absolute Gasteiger partial charge is 0.178 e. The number of piperidine rings is 1. The van der Waals surface area contributed by atoms with Gasteiger partial charge in [-0.25, -0.2) is 4.99 Å². The van der Waals surface area contributed by atoms with Gasteiger partial charge in [0.2, 0.25) is 0 Å². The molecule has 1 aromatic carbocycles. The number of nitrogens with one attached hydrogen (secondary N) is 2. The lowest BCUT2D eigenvalue weighted by atomic mass is 9.91. The molecule has 2 aromatic heterocycles. The number of benzene rings is 1. The van der Waals surface area contributed by atoms with Crippen molar-refractivity contribution in [1.29, 1.82) is 0 Å². The average molecular weight is 538 g/mol. The molecule has 3 aliphatic rings. The summed E-state index contributed by atoms with van der Waals surface area (Å²) >= 11 is 1.90. The first-order chi connectivity index (χ1) is 18.7. The van der Waals surface area contributed by atoms with Crippen LogP contribution in [0.1, 0.15) is 28.2 Å². The van der Waals surface area contributed by atoms with Crippen molar-refractivity contribution in [2.45, 2.75) is 25.0 Å². The van der Waals surface area contributed by atoms with Gasteiger partial charge < -0.3 is 19.7 Å². The molecule has 10 heteroatoms. The quantitative estimate of drug-likeness (QED) is 0.433. The molecule has 9 nitrogen and oxygen atoms in total. The Labute approximate surface area is 228 Å². The van der Waals surface area contributed by atoms with Crippen LogP contribution in [0.15, 0.2) is 35.5 Å². The zero-order valence-corrected chi connectivity index (χ0v) is 23.3. The molecule has 2 fully saturated rings. The molecule has 5 heterocycles. The standard InChI is InChI=1S/C28H39N7O2S/c1-33(10-13-36-2)18-21-6-8-34(9-7-21)19-22-16-26-27(38-22)28(30-20-29-26,35-11-14-37-15-12-35)24-4-3-5-25-23(24)17-31-32-25/h3-5,16-17,20-21H,6-15,18-19H2,1-2H3,(H,29,30)(H,31,32). The van der Waals surface area contributed by atoms with Crippen LogP contribution in [-0.2, 0) is 21.7 Å². The summed E-state index contributed by atoms with van der Waals surface area (Å²) in [6.07, 6.45) is 6.34. The minimum atomic E-state index is -0.587. The first-order valence-corrected chi connectivity index (χ1v) is 14.6. The monoisotopic (exact) mass is 537 g/mol. The topological polar surface area (TPSA) is 81.2 Å². The molecule has 3 aliphatic heterocycles. The Balaban J connectivity index is 1.24. The zero-order valence-electron chi connectivity index (χ0n) is 22.5. The average Bonchev–Trinajstić information content (AvgIpc) is 3.60. The van der Waals surface area contributed by atoms with E-state index in [-0.39, 0.29) is 0 Å². The number of aromatic nitrogens is 2. The molecule has 0 aliphatic carbocycles. The minimum Gasteiger partial charge on any atom is -0.383 e. The highest BCUT2D eigenvalue weighted by molar-refractivity contribution is 7.12. The Morgan fingerprint density at radius 2 is 2.05 bits per heavy atom. The fourth-order valence-corrected chi connectivity index (χ4v) is 7.56. The lowest BCUT2D eigenvalue weighted by molar-refractivity contribution is -0.00588. The van der Waals surface area contributed by atoms with Crippen LogP contribution in [0.2, 0.25) is 0 Å². The van der Waals surface area contributed by atoms with Crippen LogP contribution in [-0.4, -0.2) is 104 Å². The number of hydrogen-bond acceptors (Lipinski definition) is 9. The maximum atomic E-state index is 5.75. The van der Waals surface area contributed by atoms with Crippen LogP contribution in [0, 0.1) is 5.92 Å². The van der Waals surface area contributed by atoms with Crippen LogP contribution < -0.4 is 5.32 Å². The number of aliphatic imine (C=N–C) groups is 1. The van der Waals surface area contributed by atoms with E-state index in [9.17, 15) is 0 Å². The van der Waals surface area contributed by atoms with Crippen LogP contribution in [0.4, 0.5) is 5.69 Å². The first-order valence-electron chi connectivity index (χ1n) is 13.8. The number of likely N-dealkylation sites (tertiary alicyclic amines) is 1. The van der Waals surface area contributed by atoms with Gasteiger partial charge >= 0.3 is 0 Å². The number of ether oxygens (including phenoxy) is 2. The first kappa shape index (κ1) is 25.9. The van der Waals surface area contributed by atoms with E-state index < -0.39 is 5.66 Å². The fraction of sp³-hybridized carbons (Fsp3) is 0.571. The second-order valence-corrected chi connectivity index (χ2v) is 11.9. The molecule has 0 saturated carbocycles. The summed E-state index contributed by atoms with van der Waals surface area (Å²) < 4.78 is 11.0. The highest BCUT2D eigenvalue weighted by Gasteiger charge is 2.46. The summed E-state index contributed by atoms with van der Waals surface area (Å²) in [5.74, 6) is 0.768. The van der Waals surface area contributed by atoms with Gasteiger partial charge in [0.25, 0.3) is 0 Å². The molecule has 204 valence electrons. The second-order valence-electron chi connectivity index (χ2n) is 10.7. The van der Waals surface area contributed by atoms with Crippen molar-refractivity contribution in [3.8, 4) is 0 Å². The summed E-state index contributed by atoms with van der Waals surface area (Å²) in [6.45, 7) is 9.37. The van der Waals surface area contributed by atoms with Gasteiger partial charge in [0.15, 0.2) is 5.66 Å². The Bertz CT molecular complexity index is 1250. The Morgan fingerprint density at radius 3 is 2.87 bits per heavy atom. The minimum absolute atomic E-state index is 0.587. The van der Waals surface area contributed by atoms with Crippen LogP contribution >= 0.6 is 11.3 Å². The maximum Gasteiger partial charge on any atom is 0.178 e. The number of thiophene rings is 1. The number of nitrogens with zero attached hydrogens (tertiary/aromatic N) is 5. The molecule has 3 aromatic rings. The van der Waals surface area contributed by atoms with Gasteiger partial charge in [0.1, 0.15) is 0 Å². The molecular formula is C28H39N7O2S. The molecule has 0 amide bonds. The van der Waals surface area contributed by atoms with E-state index in [1.54, 1.807) is 7.11 Å². The summed E-state index contributed by atoms with van der Waals surface area (Å²) in [6, 6.07) is 8.76. The normalized spacial score (nSPS) is 23.2. The van der Waals surface area contributed by atoms with Gasteiger partial charge in [-0.3, -0.25) is 14.9 Å². The van der Waals surface area contributed by atoms with Crippen molar-refractivity contribution in [3.63, 3.8) is 0 Å². The van der Waals surface area contributed by atoms with Gasteiger partial charge in [-0.05, 0) is 51.0 Å². The number of methoxy groups -OCH3 is 1. The Morgan fingerprint density at radius 1 is 1.21 bits per heavy atom. The van der Waals surface area contributed by atoms with Gasteiger partial charge in [-0.1, -0.05) is 12.1 Å². The summed E-state index contributed by atoms with van der Waals surface area (Å²) in [7, 11) is 3.99. The molecule has 1 unspecified atom stereocenters. The second kappa shape index (κ2) is 11.4. The largest absolute Gasteiger partial charge is 0.383 e. The summed E-state index contributed by atoms with van der Waals surface area (Å²) in [4.78, 5) is 15.4. The number of hydrogen-bond donors (Lipinski definition) is 2. The molecule has 6 rings (SSSR count). The number of aromatic amines is 1. The van der Waals surface area contributed by atoms with E-state index in [1.807, 2.05) is 23.9 Å². The molecular weight excluding hydrogens is 498 g/mol. The van der Waals surface area contributed by atoms with Gasteiger partial charge in [0, 0.05) is 55.7 Å². The van der Waals surface area contributed by atoms with Gasteiger partial charge in [-0.2, -0.15) is 5.10 Å². The fourth-order valence-electron chi connectivity index (χ4n) is 6.21. The number of morpholine rings is 1. The van der Waals surface area contributed by atoms with Crippen molar-refractivity contribution < 1.29 is 9.47 Å². The van der Waals surface area contributed by atoms with E-state index in [1.165, 1.54) is 33.8 Å².